The zero-order valence-electron chi connectivity index (χ0n) is 14.1. The van der Waals surface area contributed by atoms with Crippen LogP contribution in [0.5, 0.6) is 0 Å². The number of hydrogen-bond donors (Lipinski definition) is 1. The van der Waals surface area contributed by atoms with Crippen molar-refractivity contribution in [3.05, 3.63) is 29.8 Å². The normalized spacial score (nSPS) is 11.2. The third kappa shape index (κ3) is 10.3. The van der Waals surface area contributed by atoms with E-state index >= 15 is 0 Å². The summed E-state index contributed by atoms with van der Waals surface area (Å²) in [6.45, 7) is 2.24. The second-order valence-corrected chi connectivity index (χ2v) is 7.40. The van der Waals surface area contributed by atoms with Gasteiger partial charge in [-0.3, -0.25) is 4.55 Å². The van der Waals surface area contributed by atoms with E-state index in [1.165, 1.54) is 57.4 Å². The van der Waals surface area contributed by atoms with Crippen LogP contribution in [0.2, 0.25) is 0 Å². The van der Waals surface area contributed by atoms with E-state index in [0.29, 0.717) is 6.42 Å². The van der Waals surface area contributed by atoms with Gasteiger partial charge in [0.2, 0.25) is 0 Å². The van der Waals surface area contributed by atoms with Crippen molar-refractivity contribution in [2.75, 3.05) is 0 Å². The van der Waals surface area contributed by atoms with E-state index < -0.39 is 10.1 Å². The third-order valence-electron chi connectivity index (χ3n) is 4.05. The molecule has 1 aromatic rings. The standard InChI is InChI=1S/C18H30O3S.Pd/c1-2-3-4-5-6-7-8-9-10-11-14-17-15-12-13-16-18(17)22(19,20)21;/h12-13,15-16H,2-11,14H2,1H3,(H,19,20,21);. The predicted molar refractivity (Wildman–Crippen MR) is 91.8 cm³/mol. The minimum Gasteiger partial charge on any atom is -0.282 e. The van der Waals surface area contributed by atoms with Crippen LogP contribution in [0.15, 0.2) is 29.2 Å². The average molecular weight is 433 g/mol. The number of benzene rings is 1. The van der Waals surface area contributed by atoms with Gasteiger partial charge in [0.25, 0.3) is 10.1 Å². The van der Waals surface area contributed by atoms with Crippen LogP contribution in [-0.2, 0) is 37.0 Å². The molecule has 0 atom stereocenters. The van der Waals surface area contributed by atoms with E-state index in [9.17, 15) is 13.0 Å². The molecule has 0 saturated carbocycles. The molecule has 136 valence electrons. The fourth-order valence-electron chi connectivity index (χ4n) is 2.76. The molecule has 1 rings (SSSR count). The summed E-state index contributed by atoms with van der Waals surface area (Å²) < 4.78 is 31.8. The Morgan fingerprint density at radius 1 is 0.826 bits per heavy atom. The number of unbranched alkanes of at least 4 members (excludes halogenated alkanes) is 9. The fraction of sp³-hybridized carbons (Fsp3) is 0.667. The Morgan fingerprint density at radius 2 is 1.30 bits per heavy atom. The molecule has 1 aromatic carbocycles. The first-order chi connectivity index (χ1) is 10.6. The van der Waals surface area contributed by atoms with Gasteiger partial charge >= 0.3 is 0 Å². The molecule has 0 saturated heterocycles. The molecule has 0 spiro atoms. The molecule has 0 aliphatic heterocycles. The molecular formula is C18H30O3PdS. The fourth-order valence-corrected chi connectivity index (χ4v) is 3.52. The topological polar surface area (TPSA) is 54.4 Å². The molecule has 0 aromatic heterocycles. The molecule has 0 radical (unpaired) electrons. The maximum absolute atomic E-state index is 11.3. The van der Waals surface area contributed by atoms with Crippen LogP contribution in [-0.4, -0.2) is 13.0 Å². The largest absolute Gasteiger partial charge is 0.294 e. The van der Waals surface area contributed by atoms with E-state index in [4.69, 9.17) is 0 Å². The Labute approximate surface area is 155 Å². The van der Waals surface area contributed by atoms with Gasteiger partial charge in [0.05, 0.1) is 4.90 Å². The second kappa shape index (κ2) is 13.1. The number of rotatable bonds is 12. The van der Waals surface area contributed by atoms with Crippen molar-refractivity contribution in [2.24, 2.45) is 0 Å². The van der Waals surface area contributed by atoms with Gasteiger partial charge in [-0.25, -0.2) is 0 Å². The van der Waals surface area contributed by atoms with Crippen molar-refractivity contribution in [3.63, 3.8) is 0 Å². The first-order valence-corrected chi connectivity index (χ1v) is 10.0. The molecule has 0 unspecified atom stereocenters. The van der Waals surface area contributed by atoms with Crippen molar-refractivity contribution < 1.29 is 33.4 Å². The Bertz CT molecular complexity index is 515. The second-order valence-electron chi connectivity index (χ2n) is 6.01. The Hall–Kier alpha value is -0.208. The maximum atomic E-state index is 11.3. The molecule has 0 fully saturated rings. The molecule has 0 aliphatic rings. The van der Waals surface area contributed by atoms with Crippen molar-refractivity contribution in [2.45, 2.75) is 82.4 Å². The first-order valence-electron chi connectivity index (χ1n) is 8.61. The van der Waals surface area contributed by atoms with Crippen LogP contribution in [0.25, 0.3) is 0 Å². The minimum atomic E-state index is -4.10. The molecule has 1 N–H and O–H groups in total. The monoisotopic (exact) mass is 432 g/mol. The zero-order valence-corrected chi connectivity index (χ0v) is 16.4. The van der Waals surface area contributed by atoms with E-state index in [-0.39, 0.29) is 25.3 Å². The third-order valence-corrected chi connectivity index (χ3v) is 5.00. The minimum absolute atomic E-state index is 0. The first kappa shape index (κ1) is 22.8. The van der Waals surface area contributed by atoms with Gasteiger partial charge < -0.3 is 0 Å². The molecule has 23 heavy (non-hydrogen) atoms. The molecule has 5 heteroatoms. The summed E-state index contributed by atoms with van der Waals surface area (Å²) in [4.78, 5) is 0.0610. The summed E-state index contributed by atoms with van der Waals surface area (Å²) in [6.07, 6.45) is 13.3. The molecule has 3 nitrogen and oxygen atoms in total. The van der Waals surface area contributed by atoms with E-state index in [0.717, 1.165) is 18.4 Å². The van der Waals surface area contributed by atoms with Crippen LogP contribution >= 0.6 is 0 Å². The summed E-state index contributed by atoms with van der Waals surface area (Å²) in [5.41, 5.74) is 0.726. The smallest absolute Gasteiger partial charge is 0.282 e. The van der Waals surface area contributed by atoms with Crippen molar-refractivity contribution in [1.82, 2.24) is 0 Å². The van der Waals surface area contributed by atoms with Gasteiger partial charge in [0.1, 0.15) is 0 Å². The van der Waals surface area contributed by atoms with Gasteiger partial charge in [-0.1, -0.05) is 82.9 Å². The van der Waals surface area contributed by atoms with Crippen molar-refractivity contribution in [1.29, 1.82) is 0 Å². The van der Waals surface area contributed by atoms with Gasteiger partial charge in [-0.15, -0.1) is 0 Å². The summed E-state index contributed by atoms with van der Waals surface area (Å²) in [7, 11) is -4.10. The Morgan fingerprint density at radius 3 is 1.83 bits per heavy atom. The zero-order chi connectivity index (χ0) is 16.3. The molecule has 0 bridgehead atoms. The van der Waals surface area contributed by atoms with Crippen LogP contribution in [0.3, 0.4) is 0 Å². The van der Waals surface area contributed by atoms with Gasteiger partial charge in [-0.2, -0.15) is 8.42 Å². The summed E-state index contributed by atoms with van der Waals surface area (Å²) in [6, 6.07) is 6.73. The summed E-state index contributed by atoms with van der Waals surface area (Å²) in [5, 5.41) is 0. The number of hydrogen-bond acceptors (Lipinski definition) is 2. The van der Waals surface area contributed by atoms with Crippen LogP contribution in [0.1, 0.15) is 76.7 Å². The quantitative estimate of drug-likeness (QED) is 0.273. The van der Waals surface area contributed by atoms with E-state index in [1.54, 1.807) is 12.1 Å². The van der Waals surface area contributed by atoms with Gasteiger partial charge in [0, 0.05) is 20.4 Å². The van der Waals surface area contributed by atoms with Crippen LogP contribution < -0.4 is 0 Å². The van der Waals surface area contributed by atoms with Crippen LogP contribution in [0, 0.1) is 0 Å². The molecule has 0 heterocycles. The predicted octanol–water partition coefficient (Wildman–Crippen LogP) is 5.39. The van der Waals surface area contributed by atoms with Crippen molar-refractivity contribution in [3.8, 4) is 0 Å². The maximum Gasteiger partial charge on any atom is 0.294 e. The van der Waals surface area contributed by atoms with Gasteiger partial charge in [-0.05, 0) is 24.5 Å². The molecule has 0 aliphatic carbocycles. The van der Waals surface area contributed by atoms with E-state index in [1.807, 2.05) is 6.07 Å². The van der Waals surface area contributed by atoms with Crippen molar-refractivity contribution >= 4 is 10.1 Å². The number of aryl methyl sites for hydroxylation is 1. The Kier molecular flexibility index (Phi) is 13.0. The Balaban J connectivity index is 0.00000484. The van der Waals surface area contributed by atoms with Crippen LogP contribution in [0.4, 0.5) is 0 Å². The van der Waals surface area contributed by atoms with Gasteiger partial charge in [0.15, 0.2) is 0 Å². The summed E-state index contributed by atoms with van der Waals surface area (Å²) in [5.74, 6) is 0. The SMILES string of the molecule is CCCCCCCCCCCCc1ccccc1S(=O)(=O)O.[Pd]. The summed E-state index contributed by atoms with van der Waals surface area (Å²) >= 11 is 0. The molecular weight excluding hydrogens is 403 g/mol. The molecule has 0 amide bonds. The van der Waals surface area contributed by atoms with E-state index in [2.05, 4.69) is 6.92 Å². The average Bonchev–Trinajstić information content (AvgIpc) is 2.48.